The Labute approximate surface area is 98.8 Å². The number of likely N-dealkylation sites (N-methyl/N-ethyl adjacent to an activating group) is 1. The van der Waals surface area contributed by atoms with E-state index in [1.165, 1.54) is 30.6 Å². The monoisotopic (exact) mass is 243 g/mol. The number of halogens is 1. The van der Waals surface area contributed by atoms with E-state index in [2.05, 4.69) is 4.90 Å². The zero-order valence-corrected chi connectivity index (χ0v) is 10.3. The Morgan fingerprint density at radius 2 is 2.33 bits per heavy atom. The molecule has 1 saturated carbocycles. The molecule has 0 saturated heterocycles. The van der Waals surface area contributed by atoms with Gasteiger partial charge in [0.1, 0.15) is 0 Å². The molecule has 82 valence electrons. The maximum Gasteiger partial charge on any atom is 0.186 e. The smallest absolute Gasteiger partial charge is 0.186 e. The second-order valence-electron chi connectivity index (χ2n) is 4.03. The average Bonchev–Trinajstić information content (AvgIpc) is 2.48. The highest BCUT2D eigenvalue weighted by atomic mass is 35.5. The third kappa shape index (κ3) is 2.60. The van der Waals surface area contributed by atoms with Crippen LogP contribution < -0.4 is 0 Å². The zero-order valence-electron chi connectivity index (χ0n) is 8.70. The molecule has 0 radical (unpaired) electrons. The first-order valence-corrected chi connectivity index (χ1v) is 6.35. The molecule has 2 rings (SSSR count). The van der Waals surface area contributed by atoms with Gasteiger partial charge in [-0.15, -0.1) is 11.3 Å². The number of hydrogen-bond donors (Lipinski definition) is 0. The first kappa shape index (κ1) is 11.1. The lowest BCUT2D eigenvalue weighted by atomic mass is 9.92. The van der Waals surface area contributed by atoms with Gasteiger partial charge in [0.15, 0.2) is 5.78 Å². The van der Waals surface area contributed by atoms with E-state index in [4.69, 9.17) is 11.6 Å². The molecule has 0 spiro atoms. The molecule has 1 fully saturated rings. The molecule has 1 aliphatic rings. The van der Waals surface area contributed by atoms with Gasteiger partial charge in [-0.2, -0.15) is 0 Å². The van der Waals surface area contributed by atoms with Crippen LogP contribution in [0.1, 0.15) is 28.9 Å². The van der Waals surface area contributed by atoms with Crippen molar-refractivity contribution in [3.8, 4) is 0 Å². The summed E-state index contributed by atoms with van der Waals surface area (Å²) in [6.07, 6.45) is 3.76. The van der Waals surface area contributed by atoms with Crippen molar-refractivity contribution in [3.05, 3.63) is 21.3 Å². The topological polar surface area (TPSA) is 20.3 Å². The maximum absolute atomic E-state index is 11.8. The van der Waals surface area contributed by atoms with Crippen molar-refractivity contribution in [2.45, 2.75) is 25.3 Å². The van der Waals surface area contributed by atoms with Crippen LogP contribution in [0.2, 0.25) is 4.34 Å². The van der Waals surface area contributed by atoms with Gasteiger partial charge in [-0.25, -0.2) is 0 Å². The minimum atomic E-state index is 0.182. The summed E-state index contributed by atoms with van der Waals surface area (Å²) in [5.74, 6) is 0.182. The number of nitrogens with zero attached hydrogens (tertiary/aromatic N) is 1. The van der Waals surface area contributed by atoms with E-state index in [9.17, 15) is 4.79 Å². The molecule has 2 nitrogen and oxygen atoms in total. The van der Waals surface area contributed by atoms with Crippen LogP contribution in [-0.4, -0.2) is 30.3 Å². The highest BCUT2D eigenvalue weighted by Gasteiger charge is 2.23. The number of carbonyl (C=O) groups is 1. The van der Waals surface area contributed by atoms with Gasteiger partial charge in [0, 0.05) is 6.04 Å². The van der Waals surface area contributed by atoms with Crippen molar-refractivity contribution in [1.82, 2.24) is 4.90 Å². The fourth-order valence-electron chi connectivity index (χ4n) is 1.73. The highest BCUT2D eigenvalue weighted by molar-refractivity contribution is 7.18. The quantitative estimate of drug-likeness (QED) is 0.758. The van der Waals surface area contributed by atoms with Gasteiger partial charge in [0.2, 0.25) is 0 Å². The molecule has 1 aromatic heterocycles. The lowest BCUT2D eigenvalue weighted by Crippen LogP contribution is -2.40. The van der Waals surface area contributed by atoms with Crippen LogP contribution in [0.5, 0.6) is 0 Å². The molecular formula is C11H14ClNOS. The van der Waals surface area contributed by atoms with Crippen molar-refractivity contribution >= 4 is 28.7 Å². The normalized spacial score (nSPS) is 16.7. The van der Waals surface area contributed by atoms with E-state index in [-0.39, 0.29) is 5.78 Å². The van der Waals surface area contributed by atoms with Crippen molar-refractivity contribution in [2.24, 2.45) is 0 Å². The Balaban J connectivity index is 1.91. The van der Waals surface area contributed by atoms with Gasteiger partial charge >= 0.3 is 0 Å². The van der Waals surface area contributed by atoms with Gasteiger partial charge in [-0.1, -0.05) is 18.0 Å². The van der Waals surface area contributed by atoms with Crippen LogP contribution in [0, 0.1) is 0 Å². The molecule has 4 heteroatoms. The maximum atomic E-state index is 11.8. The molecule has 1 aliphatic carbocycles. The highest BCUT2D eigenvalue weighted by Crippen LogP contribution is 2.25. The SMILES string of the molecule is CN(CC(=O)c1ccc(Cl)s1)C1CCC1. The number of carbonyl (C=O) groups excluding carboxylic acids is 1. The van der Waals surface area contributed by atoms with Gasteiger partial charge in [0.05, 0.1) is 15.8 Å². The van der Waals surface area contributed by atoms with E-state index < -0.39 is 0 Å². The summed E-state index contributed by atoms with van der Waals surface area (Å²) in [5.41, 5.74) is 0. The van der Waals surface area contributed by atoms with Gasteiger partial charge in [0.25, 0.3) is 0 Å². The van der Waals surface area contributed by atoms with E-state index >= 15 is 0 Å². The summed E-state index contributed by atoms with van der Waals surface area (Å²) < 4.78 is 0.685. The summed E-state index contributed by atoms with van der Waals surface area (Å²) in [6.45, 7) is 0.515. The molecule has 1 aromatic rings. The Kier molecular flexibility index (Phi) is 3.44. The van der Waals surface area contributed by atoms with Crippen LogP contribution in [-0.2, 0) is 0 Å². The first-order valence-electron chi connectivity index (χ1n) is 5.15. The summed E-state index contributed by atoms with van der Waals surface area (Å²) >= 11 is 7.16. The number of thiophene rings is 1. The molecule has 0 atom stereocenters. The standard InChI is InChI=1S/C11H14ClNOS/c1-13(8-3-2-4-8)7-9(14)10-5-6-11(12)15-10/h5-6,8H,2-4,7H2,1H3. The molecule has 1 heterocycles. The molecule has 15 heavy (non-hydrogen) atoms. The van der Waals surface area contributed by atoms with Gasteiger partial charge in [-0.3, -0.25) is 9.69 Å². The Morgan fingerprint density at radius 1 is 1.60 bits per heavy atom. The second kappa shape index (κ2) is 4.64. The largest absolute Gasteiger partial charge is 0.296 e. The number of ketones is 1. The van der Waals surface area contributed by atoms with Crippen LogP contribution in [0.15, 0.2) is 12.1 Å². The fraction of sp³-hybridized carbons (Fsp3) is 0.545. The Hall–Kier alpha value is -0.380. The molecule has 0 aromatic carbocycles. The summed E-state index contributed by atoms with van der Waals surface area (Å²) in [7, 11) is 2.02. The molecule has 0 unspecified atom stereocenters. The number of Topliss-reactive ketones (excluding diaryl/α,β-unsaturated/α-hetero) is 1. The van der Waals surface area contributed by atoms with E-state index in [1.54, 1.807) is 6.07 Å². The second-order valence-corrected chi connectivity index (χ2v) is 5.74. The van der Waals surface area contributed by atoms with Crippen molar-refractivity contribution in [1.29, 1.82) is 0 Å². The molecular weight excluding hydrogens is 230 g/mol. The molecule has 0 aliphatic heterocycles. The predicted octanol–water partition coefficient (Wildman–Crippen LogP) is 3.07. The van der Waals surface area contributed by atoms with Crippen molar-refractivity contribution in [2.75, 3.05) is 13.6 Å². The third-order valence-electron chi connectivity index (χ3n) is 2.94. The van der Waals surface area contributed by atoms with Crippen LogP contribution in [0.4, 0.5) is 0 Å². The van der Waals surface area contributed by atoms with Gasteiger partial charge in [-0.05, 0) is 32.0 Å². The Morgan fingerprint density at radius 3 is 2.80 bits per heavy atom. The zero-order chi connectivity index (χ0) is 10.8. The van der Waals surface area contributed by atoms with Crippen molar-refractivity contribution < 1.29 is 4.79 Å². The summed E-state index contributed by atoms with van der Waals surface area (Å²) in [5, 5.41) is 0. The minimum Gasteiger partial charge on any atom is -0.296 e. The predicted molar refractivity (Wildman–Crippen MR) is 63.9 cm³/mol. The van der Waals surface area contributed by atoms with E-state index in [0.29, 0.717) is 16.9 Å². The summed E-state index contributed by atoms with van der Waals surface area (Å²) in [4.78, 5) is 14.7. The fourth-order valence-corrected chi connectivity index (χ4v) is 2.70. The number of hydrogen-bond acceptors (Lipinski definition) is 3. The van der Waals surface area contributed by atoms with Crippen LogP contribution >= 0.6 is 22.9 Å². The number of rotatable bonds is 4. The Bertz CT molecular complexity index is 359. The third-order valence-corrected chi connectivity index (χ3v) is 4.21. The lowest BCUT2D eigenvalue weighted by molar-refractivity contribution is 0.0874. The average molecular weight is 244 g/mol. The molecule has 0 amide bonds. The van der Waals surface area contributed by atoms with E-state index in [0.717, 1.165) is 4.88 Å². The molecule has 0 N–H and O–H groups in total. The summed E-state index contributed by atoms with van der Waals surface area (Å²) in [6, 6.07) is 4.21. The van der Waals surface area contributed by atoms with Crippen LogP contribution in [0.25, 0.3) is 0 Å². The lowest BCUT2D eigenvalue weighted by Gasteiger charge is -2.34. The molecule has 0 bridgehead atoms. The first-order chi connectivity index (χ1) is 7.16. The minimum absolute atomic E-state index is 0.182. The van der Waals surface area contributed by atoms with Gasteiger partial charge < -0.3 is 0 Å². The van der Waals surface area contributed by atoms with Crippen molar-refractivity contribution in [3.63, 3.8) is 0 Å². The van der Waals surface area contributed by atoms with Crippen LogP contribution in [0.3, 0.4) is 0 Å². The van der Waals surface area contributed by atoms with E-state index in [1.807, 2.05) is 13.1 Å².